The molecule has 0 aromatic rings. The molecule has 1 amide bonds. The van der Waals surface area contributed by atoms with Crippen LogP contribution in [0.1, 0.15) is 26.7 Å². The normalized spacial score (nSPS) is 11.1. The van der Waals surface area contributed by atoms with Crippen molar-refractivity contribution in [1.82, 2.24) is 5.32 Å². The van der Waals surface area contributed by atoms with Crippen molar-refractivity contribution in [3.8, 4) is 0 Å². The molecule has 0 radical (unpaired) electrons. The van der Waals surface area contributed by atoms with Gasteiger partial charge in [0.05, 0.1) is 0 Å². The number of amides is 1. The van der Waals surface area contributed by atoms with Crippen LogP contribution in [0, 0.1) is 0 Å². The van der Waals surface area contributed by atoms with E-state index in [-0.39, 0.29) is 5.91 Å². The number of nitrogens with one attached hydrogen (secondary N) is 1. The summed E-state index contributed by atoms with van der Waals surface area (Å²) in [6.07, 6.45) is 1.44. The molecular weight excluding hydrogens is 182 g/mol. The van der Waals surface area contributed by atoms with Gasteiger partial charge in [-0.3, -0.25) is 4.79 Å². The number of hydrogen-bond acceptors (Lipinski definition) is 3. The standard InChI is InChI=1S/C10H19NO3/c1-6-7-10(13-4,14-5)11-9(12)8(2)3/h2,6-7H2,1,3-5H3,(H,11,12). The average molecular weight is 201 g/mol. The Morgan fingerprint density at radius 1 is 1.43 bits per heavy atom. The molecule has 4 nitrogen and oxygen atoms in total. The summed E-state index contributed by atoms with van der Waals surface area (Å²) in [5.74, 6) is -1.28. The van der Waals surface area contributed by atoms with E-state index in [1.807, 2.05) is 6.92 Å². The molecule has 0 aliphatic carbocycles. The van der Waals surface area contributed by atoms with Gasteiger partial charge in [-0.1, -0.05) is 13.5 Å². The fourth-order valence-corrected chi connectivity index (χ4v) is 1.06. The van der Waals surface area contributed by atoms with Crippen molar-refractivity contribution in [3.63, 3.8) is 0 Å². The van der Waals surface area contributed by atoms with E-state index in [0.29, 0.717) is 12.0 Å². The van der Waals surface area contributed by atoms with E-state index in [0.717, 1.165) is 6.42 Å². The predicted octanol–water partition coefficient (Wildman–Crippen LogP) is 1.43. The summed E-state index contributed by atoms with van der Waals surface area (Å²) < 4.78 is 10.3. The van der Waals surface area contributed by atoms with Crippen LogP contribution in [-0.2, 0) is 14.3 Å². The summed E-state index contributed by atoms with van der Waals surface area (Å²) in [5.41, 5.74) is 0.430. The van der Waals surface area contributed by atoms with E-state index in [4.69, 9.17) is 9.47 Å². The molecule has 0 aromatic carbocycles. The van der Waals surface area contributed by atoms with E-state index >= 15 is 0 Å². The van der Waals surface area contributed by atoms with Gasteiger partial charge in [0.25, 0.3) is 5.91 Å². The van der Waals surface area contributed by atoms with Crippen molar-refractivity contribution in [1.29, 1.82) is 0 Å². The molecule has 0 fully saturated rings. The van der Waals surface area contributed by atoms with Crippen LogP contribution in [0.2, 0.25) is 0 Å². The number of hydrogen-bond donors (Lipinski definition) is 1. The van der Waals surface area contributed by atoms with Crippen LogP contribution in [0.5, 0.6) is 0 Å². The van der Waals surface area contributed by atoms with Gasteiger partial charge in [-0.15, -0.1) is 0 Å². The average Bonchev–Trinajstić information content (AvgIpc) is 2.16. The topological polar surface area (TPSA) is 47.6 Å². The molecule has 14 heavy (non-hydrogen) atoms. The molecule has 0 saturated heterocycles. The van der Waals surface area contributed by atoms with Gasteiger partial charge in [-0.2, -0.15) is 0 Å². The second-order valence-electron chi connectivity index (χ2n) is 3.15. The Morgan fingerprint density at radius 3 is 2.21 bits per heavy atom. The van der Waals surface area contributed by atoms with Crippen LogP contribution in [0.4, 0.5) is 0 Å². The van der Waals surface area contributed by atoms with Crippen molar-refractivity contribution in [2.45, 2.75) is 32.6 Å². The monoisotopic (exact) mass is 201 g/mol. The van der Waals surface area contributed by atoms with Gasteiger partial charge < -0.3 is 14.8 Å². The van der Waals surface area contributed by atoms with Crippen LogP contribution in [0.15, 0.2) is 12.2 Å². The maximum absolute atomic E-state index is 11.4. The third-order valence-electron chi connectivity index (χ3n) is 1.93. The zero-order chi connectivity index (χ0) is 11.2. The summed E-state index contributed by atoms with van der Waals surface area (Å²) in [5, 5.41) is 2.65. The summed E-state index contributed by atoms with van der Waals surface area (Å²) in [6, 6.07) is 0. The third kappa shape index (κ3) is 3.47. The molecule has 0 aliphatic heterocycles. The van der Waals surface area contributed by atoms with Gasteiger partial charge in [-0.05, 0) is 13.3 Å². The number of carbonyl (C=O) groups excluding carboxylic acids is 1. The Morgan fingerprint density at radius 2 is 1.93 bits per heavy atom. The van der Waals surface area contributed by atoms with Gasteiger partial charge in [0.15, 0.2) is 0 Å². The first kappa shape index (κ1) is 13.1. The lowest BCUT2D eigenvalue weighted by atomic mass is 10.2. The van der Waals surface area contributed by atoms with Gasteiger partial charge >= 0.3 is 0 Å². The molecule has 0 spiro atoms. The van der Waals surface area contributed by atoms with Crippen molar-refractivity contribution in [2.24, 2.45) is 0 Å². The Bertz CT molecular complexity index is 209. The number of rotatable bonds is 6. The fraction of sp³-hybridized carbons (Fsp3) is 0.700. The first-order valence-electron chi connectivity index (χ1n) is 4.59. The molecule has 0 saturated carbocycles. The third-order valence-corrected chi connectivity index (χ3v) is 1.93. The highest BCUT2D eigenvalue weighted by Gasteiger charge is 2.30. The lowest BCUT2D eigenvalue weighted by Crippen LogP contribution is -2.51. The Labute approximate surface area is 85.3 Å². The summed E-state index contributed by atoms with van der Waals surface area (Å²) in [6.45, 7) is 7.17. The number of methoxy groups -OCH3 is 2. The van der Waals surface area contributed by atoms with E-state index in [1.54, 1.807) is 6.92 Å². The molecule has 0 heterocycles. The molecule has 0 aliphatic rings. The Hall–Kier alpha value is -0.870. The fourth-order valence-electron chi connectivity index (χ4n) is 1.06. The quantitative estimate of drug-likeness (QED) is 0.522. The maximum atomic E-state index is 11.4. The van der Waals surface area contributed by atoms with Crippen LogP contribution < -0.4 is 5.32 Å². The van der Waals surface area contributed by atoms with Crippen LogP contribution >= 0.6 is 0 Å². The summed E-state index contributed by atoms with van der Waals surface area (Å²) in [4.78, 5) is 11.4. The van der Waals surface area contributed by atoms with E-state index in [9.17, 15) is 4.79 Å². The molecule has 82 valence electrons. The van der Waals surface area contributed by atoms with Crippen LogP contribution in [0.3, 0.4) is 0 Å². The largest absolute Gasteiger partial charge is 0.336 e. The zero-order valence-electron chi connectivity index (χ0n) is 9.35. The smallest absolute Gasteiger partial charge is 0.251 e. The minimum absolute atomic E-state index is 0.262. The molecule has 0 aromatic heterocycles. The second kappa shape index (κ2) is 5.78. The minimum Gasteiger partial charge on any atom is -0.336 e. The predicted molar refractivity (Wildman–Crippen MR) is 54.6 cm³/mol. The van der Waals surface area contributed by atoms with E-state index < -0.39 is 5.91 Å². The molecule has 0 atom stereocenters. The lowest BCUT2D eigenvalue weighted by molar-refractivity contribution is -0.229. The Kier molecular flexibility index (Phi) is 5.42. The van der Waals surface area contributed by atoms with Crippen molar-refractivity contribution in [3.05, 3.63) is 12.2 Å². The van der Waals surface area contributed by atoms with Crippen molar-refractivity contribution >= 4 is 5.91 Å². The molecule has 1 N–H and O–H groups in total. The van der Waals surface area contributed by atoms with Gasteiger partial charge in [-0.25, -0.2) is 0 Å². The molecule has 0 bridgehead atoms. The van der Waals surface area contributed by atoms with Gasteiger partial charge in [0, 0.05) is 26.2 Å². The molecular formula is C10H19NO3. The van der Waals surface area contributed by atoms with Gasteiger partial charge in [0.2, 0.25) is 5.91 Å². The highest BCUT2D eigenvalue weighted by atomic mass is 16.7. The first-order valence-corrected chi connectivity index (χ1v) is 4.59. The SMILES string of the molecule is C=C(C)C(=O)NC(CCC)(OC)OC. The highest BCUT2D eigenvalue weighted by Crippen LogP contribution is 2.15. The summed E-state index contributed by atoms with van der Waals surface area (Å²) >= 11 is 0. The minimum atomic E-state index is -1.02. The van der Waals surface area contributed by atoms with Gasteiger partial charge in [0.1, 0.15) is 0 Å². The highest BCUT2D eigenvalue weighted by molar-refractivity contribution is 5.92. The number of carbonyl (C=O) groups is 1. The van der Waals surface area contributed by atoms with Crippen molar-refractivity contribution < 1.29 is 14.3 Å². The van der Waals surface area contributed by atoms with E-state index in [2.05, 4.69) is 11.9 Å². The second-order valence-corrected chi connectivity index (χ2v) is 3.15. The summed E-state index contributed by atoms with van der Waals surface area (Å²) in [7, 11) is 3.00. The zero-order valence-corrected chi connectivity index (χ0v) is 9.35. The van der Waals surface area contributed by atoms with Crippen LogP contribution in [-0.4, -0.2) is 26.0 Å². The molecule has 4 heteroatoms. The first-order chi connectivity index (χ1) is 6.51. The number of ether oxygens (including phenoxy) is 2. The lowest BCUT2D eigenvalue weighted by Gasteiger charge is -2.31. The maximum Gasteiger partial charge on any atom is 0.251 e. The Balaban J connectivity index is 4.49. The van der Waals surface area contributed by atoms with Crippen molar-refractivity contribution in [2.75, 3.05) is 14.2 Å². The van der Waals surface area contributed by atoms with Crippen LogP contribution in [0.25, 0.3) is 0 Å². The molecule has 0 unspecified atom stereocenters. The molecule has 0 rings (SSSR count). The van der Waals surface area contributed by atoms with E-state index in [1.165, 1.54) is 14.2 Å².